The van der Waals surface area contributed by atoms with Crippen molar-refractivity contribution in [3.05, 3.63) is 11.4 Å². The largest absolute Gasteiger partial charge is 0.341 e. The van der Waals surface area contributed by atoms with Gasteiger partial charge in [0, 0.05) is 26.2 Å². The highest BCUT2D eigenvalue weighted by Gasteiger charge is 2.30. The van der Waals surface area contributed by atoms with Crippen molar-refractivity contribution < 1.29 is 13.2 Å². The molecule has 2 heterocycles. The summed E-state index contributed by atoms with van der Waals surface area (Å²) in [6.07, 6.45) is 4.39. The average molecular weight is 371 g/mol. The van der Waals surface area contributed by atoms with Gasteiger partial charge in [-0.3, -0.25) is 9.48 Å². The predicted octanol–water partition coefficient (Wildman–Crippen LogP) is 1.93. The Bertz CT molecular complexity index is 700. The molecular weight excluding hydrogens is 340 g/mol. The highest BCUT2D eigenvalue weighted by atomic mass is 32.2. The maximum atomic E-state index is 12.9. The maximum absolute atomic E-state index is 12.9. The Hall–Kier alpha value is -1.41. The molecule has 1 saturated heterocycles. The lowest BCUT2D eigenvalue weighted by Crippen LogP contribution is -2.35. The topological polar surface area (TPSA) is 75.5 Å². The molecule has 1 aromatic rings. The van der Waals surface area contributed by atoms with Crippen LogP contribution in [0.1, 0.15) is 50.9 Å². The number of carbonyl (C=O) groups excluding carboxylic acids is 1. The van der Waals surface area contributed by atoms with Crippen LogP contribution in [0.25, 0.3) is 0 Å². The van der Waals surface area contributed by atoms with Gasteiger partial charge in [0.25, 0.3) is 0 Å². The zero-order chi connectivity index (χ0) is 18.6. The summed E-state index contributed by atoms with van der Waals surface area (Å²) in [5.41, 5.74) is 0.987. The van der Waals surface area contributed by atoms with Crippen LogP contribution in [0.3, 0.4) is 0 Å². The molecule has 1 aromatic heterocycles. The van der Waals surface area contributed by atoms with E-state index in [0.717, 1.165) is 38.8 Å². The number of carbonyl (C=O) groups is 1. The molecule has 7 nitrogen and oxygen atoms in total. The molecule has 8 heteroatoms. The molecule has 0 spiro atoms. The third kappa shape index (κ3) is 4.23. The van der Waals surface area contributed by atoms with Crippen LogP contribution in [0.4, 0.5) is 0 Å². The fourth-order valence-corrected chi connectivity index (χ4v) is 5.28. The maximum Gasteiger partial charge on any atom is 0.246 e. The molecule has 1 aliphatic heterocycles. The third-order valence-electron chi connectivity index (χ3n) is 4.86. The Balaban J connectivity index is 2.25. The fourth-order valence-electron chi connectivity index (χ4n) is 3.45. The summed E-state index contributed by atoms with van der Waals surface area (Å²) in [6, 6.07) is 0. The van der Waals surface area contributed by atoms with Gasteiger partial charge < -0.3 is 4.90 Å². The van der Waals surface area contributed by atoms with Crippen molar-refractivity contribution in [3.8, 4) is 0 Å². The van der Waals surface area contributed by atoms with Gasteiger partial charge in [0.15, 0.2) is 0 Å². The van der Waals surface area contributed by atoms with E-state index in [1.54, 1.807) is 18.5 Å². The number of rotatable bonds is 6. The summed E-state index contributed by atoms with van der Waals surface area (Å²) < 4.78 is 28.7. The number of nitrogens with zero attached hydrogens (tertiary/aromatic N) is 4. The van der Waals surface area contributed by atoms with E-state index in [1.165, 1.54) is 4.31 Å². The molecule has 0 N–H and O–H groups in total. The Morgan fingerprint density at radius 2 is 1.64 bits per heavy atom. The lowest BCUT2D eigenvalue weighted by molar-refractivity contribution is -0.132. The monoisotopic (exact) mass is 370 g/mol. The Labute approximate surface area is 151 Å². The standard InChI is InChI=1S/C17H30N4O3S/c1-5-20(6-2)25(23,24)17-14(3)18-21(15(17)4)13-16(22)19-11-9-7-8-10-12-19/h5-13H2,1-4H3. The summed E-state index contributed by atoms with van der Waals surface area (Å²) >= 11 is 0. The van der Waals surface area contributed by atoms with Crippen molar-refractivity contribution in [3.63, 3.8) is 0 Å². The van der Waals surface area contributed by atoms with Crippen LogP contribution in [0.5, 0.6) is 0 Å². The van der Waals surface area contributed by atoms with Crippen LogP contribution in [0.15, 0.2) is 4.90 Å². The number of amides is 1. The van der Waals surface area contributed by atoms with E-state index in [-0.39, 0.29) is 17.3 Å². The number of hydrogen-bond acceptors (Lipinski definition) is 4. The van der Waals surface area contributed by atoms with Crippen molar-refractivity contribution in [2.75, 3.05) is 26.2 Å². The first-order valence-electron chi connectivity index (χ1n) is 9.14. The van der Waals surface area contributed by atoms with Crippen molar-refractivity contribution >= 4 is 15.9 Å². The average Bonchev–Trinajstić information content (AvgIpc) is 2.74. The van der Waals surface area contributed by atoms with Gasteiger partial charge in [0.2, 0.25) is 15.9 Å². The first kappa shape index (κ1) is 19.9. The number of sulfonamides is 1. The molecule has 1 aliphatic rings. The van der Waals surface area contributed by atoms with E-state index in [2.05, 4.69) is 5.10 Å². The van der Waals surface area contributed by atoms with Gasteiger partial charge >= 0.3 is 0 Å². The van der Waals surface area contributed by atoms with E-state index in [1.807, 2.05) is 18.7 Å². The number of aryl methyl sites for hydroxylation is 1. The first-order valence-corrected chi connectivity index (χ1v) is 10.6. The first-order chi connectivity index (χ1) is 11.8. The van der Waals surface area contributed by atoms with Gasteiger partial charge in [-0.15, -0.1) is 0 Å². The molecule has 25 heavy (non-hydrogen) atoms. The van der Waals surface area contributed by atoms with Gasteiger partial charge in [0.1, 0.15) is 11.4 Å². The Morgan fingerprint density at radius 1 is 1.08 bits per heavy atom. The summed E-state index contributed by atoms with van der Waals surface area (Å²) in [6.45, 7) is 9.54. The molecule has 0 aliphatic carbocycles. The molecule has 0 radical (unpaired) electrons. The van der Waals surface area contributed by atoms with Gasteiger partial charge in [-0.1, -0.05) is 26.7 Å². The molecule has 0 aromatic carbocycles. The van der Waals surface area contributed by atoms with Gasteiger partial charge in [-0.05, 0) is 26.7 Å². The van der Waals surface area contributed by atoms with Crippen molar-refractivity contribution in [1.29, 1.82) is 0 Å². The molecule has 0 saturated carbocycles. The second kappa shape index (κ2) is 8.31. The highest BCUT2D eigenvalue weighted by Crippen LogP contribution is 2.23. The minimum atomic E-state index is -3.58. The lowest BCUT2D eigenvalue weighted by Gasteiger charge is -2.21. The Kier molecular flexibility index (Phi) is 6.62. The van der Waals surface area contributed by atoms with Crippen LogP contribution < -0.4 is 0 Å². The van der Waals surface area contributed by atoms with Gasteiger partial charge in [0.05, 0.1) is 11.4 Å². The van der Waals surface area contributed by atoms with Crippen molar-refractivity contribution in [2.45, 2.75) is 64.8 Å². The van der Waals surface area contributed by atoms with Gasteiger partial charge in [-0.25, -0.2) is 8.42 Å². The number of aromatic nitrogens is 2. The quantitative estimate of drug-likeness (QED) is 0.767. The minimum Gasteiger partial charge on any atom is -0.341 e. The number of likely N-dealkylation sites (tertiary alicyclic amines) is 1. The van der Waals surface area contributed by atoms with Gasteiger partial charge in [-0.2, -0.15) is 9.40 Å². The zero-order valence-corrected chi connectivity index (χ0v) is 16.6. The smallest absolute Gasteiger partial charge is 0.246 e. The molecular formula is C17H30N4O3S. The summed E-state index contributed by atoms with van der Waals surface area (Å²) in [5, 5.41) is 4.35. The minimum absolute atomic E-state index is 0.0132. The van der Waals surface area contributed by atoms with Crippen LogP contribution in [0, 0.1) is 13.8 Å². The SMILES string of the molecule is CCN(CC)S(=O)(=O)c1c(C)nn(CC(=O)N2CCCCCC2)c1C. The number of hydrogen-bond donors (Lipinski definition) is 0. The van der Waals surface area contributed by atoms with Crippen LogP contribution >= 0.6 is 0 Å². The zero-order valence-electron chi connectivity index (χ0n) is 15.8. The molecule has 1 fully saturated rings. The molecule has 1 amide bonds. The third-order valence-corrected chi connectivity index (χ3v) is 7.17. The van der Waals surface area contributed by atoms with Crippen molar-refractivity contribution in [1.82, 2.24) is 19.0 Å². The Morgan fingerprint density at radius 3 is 2.16 bits per heavy atom. The molecule has 0 bridgehead atoms. The lowest BCUT2D eigenvalue weighted by atomic mass is 10.2. The van der Waals surface area contributed by atoms with E-state index in [9.17, 15) is 13.2 Å². The van der Waals surface area contributed by atoms with E-state index < -0.39 is 10.0 Å². The molecule has 0 unspecified atom stereocenters. The molecule has 0 atom stereocenters. The molecule has 142 valence electrons. The second-order valence-corrected chi connectivity index (χ2v) is 8.42. The molecule has 2 rings (SSSR count). The summed E-state index contributed by atoms with van der Waals surface area (Å²) in [5.74, 6) is 0.0132. The van der Waals surface area contributed by atoms with Crippen molar-refractivity contribution in [2.24, 2.45) is 0 Å². The second-order valence-electron chi connectivity index (χ2n) is 6.54. The summed E-state index contributed by atoms with van der Waals surface area (Å²) in [4.78, 5) is 14.7. The van der Waals surface area contributed by atoms with Crippen LogP contribution in [-0.4, -0.2) is 59.5 Å². The van der Waals surface area contributed by atoms with Crippen LogP contribution in [-0.2, 0) is 21.4 Å². The van der Waals surface area contributed by atoms with E-state index >= 15 is 0 Å². The predicted molar refractivity (Wildman–Crippen MR) is 96.9 cm³/mol. The van der Waals surface area contributed by atoms with E-state index in [0.29, 0.717) is 24.5 Å². The summed E-state index contributed by atoms with van der Waals surface area (Å²) in [7, 11) is -3.58. The van der Waals surface area contributed by atoms with Crippen LogP contribution in [0.2, 0.25) is 0 Å². The van der Waals surface area contributed by atoms with E-state index in [4.69, 9.17) is 0 Å². The normalized spacial score (nSPS) is 16.3. The highest BCUT2D eigenvalue weighted by molar-refractivity contribution is 7.89. The fraction of sp³-hybridized carbons (Fsp3) is 0.765.